The quantitative estimate of drug-likeness (QED) is 0.832. The number of amides is 3. The molecule has 1 aliphatic heterocycles. The van der Waals surface area contributed by atoms with Crippen molar-refractivity contribution in [3.8, 4) is 0 Å². The maximum absolute atomic E-state index is 12.0. The zero-order valence-corrected chi connectivity index (χ0v) is 13.3. The maximum atomic E-state index is 12.0. The molecular weight excluding hydrogens is 286 g/mol. The third-order valence-electron chi connectivity index (χ3n) is 3.41. The molecule has 0 fully saturated rings. The summed E-state index contributed by atoms with van der Waals surface area (Å²) in [6.45, 7) is 4.64. The van der Waals surface area contributed by atoms with Crippen molar-refractivity contribution in [2.45, 2.75) is 26.6 Å². The third-order valence-corrected chi connectivity index (χ3v) is 3.41. The molecular formula is C14H23N5O3. The molecule has 0 bridgehead atoms. The normalized spacial score (nSPS) is 13.7. The summed E-state index contributed by atoms with van der Waals surface area (Å²) >= 11 is 0. The van der Waals surface area contributed by atoms with Gasteiger partial charge in [-0.3, -0.25) is 9.48 Å². The van der Waals surface area contributed by atoms with Crippen LogP contribution in [-0.4, -0.2) is 65.4 Å². The molecule has 0 unspecified atom stereocenters. The number of aromatic nitrogens is 2. The van der Waals surface area contributed by atoms with Gasteiger partial charge < -0.3 is 19.9 Å². The van der Waals surface area contributed by atoms with Crippen molar-refractivity contribution >= 4 is 11.9 Å². The number of rotatable bonds is 5. The van der Waals surface area contributed by atoms with E-state index in [2.05, 4.69) is 10.4 Å². The second-order valence-electron chi connectivity index (χ2n) is 5.36. The molecule has 1 aromatic rings. The van der Waals surface area contributed by atoms with Crippen molar-refractivity contribution in [2.75, 3.05) is 33.9 Å². The van der Waals surface area contributed by atoms with Crippen LogP contribution in [0.4, 0.5) is 4.79 Å². The minimum atomic E-state index is -0.155. The Morgan fingerprint density at radius 3 is 2.86 bits per heavy atom. The Labute approximate surface area is 130 Å². The second kappa shape index (κ2) is 7.26. The lowest BCUT2D eigenvalue weighted by molar-refractivity contribution is -0.125. The highest BCUT2D eigenvalue weighted by Crippen LogP contribution is 2.14. The van der Waals surface area contributed by atoms with Crippen molar-refractivity contribution in [1.29, 1.82) is 0 Å². The van der Waals surface area contributed by atoms with Gasteiger partial charge in [0.1, 0.15) is 6.61 Å². The van der Waals surface area contributed by atoms with Crippen LogP contribution in [0.15, 0.2) is 6.07 Å². The summed E-state index contributed by atoms with van der Waals surface area (Å²) in [5, 5.41) is 7.22. The molecule has 0 atom stereocenters. The average Bonchev–Trinajstić information content (AvgIpc) is 2.91. The van der Waals surface area contributed by atoms with Gasteiger partial charge in [0.05, 0.1) is 31.0 Å². The van der Waals surface area contributed by atoms with Gasteiger partial charge in [0.2, 0.25) is 5.91 Å². The fourth-order valence-electron chi connectivity index (χ4n) is 2.29. The summed E-state index contributed by atoms with van der Waals surface area (Å²) < 4.78 is 6.93. The highest BCUT2D eigenvalue weighted by molar-refractivity contribution is 5.77. The lowest BCUT2D eigenvalue weighted by Crippen LogP contribution is -2.43. The minimum absolute atomic E-state index is 0.000910. The van der Waals surface area contributed by atoms with Gasteiger partial charge in [-0.25, -0.2) is 4.79 Å². The molecule has 8 nitrogen and oxygen atoms in total. The van der Waals surface area contributed by atoms with Gasteiger partial charge in [-0.2, -0.15) is 5.10 Å². The van der Waals surface area contributed by atoms with E-state index in [1.165, 1.54) is 0 Å². The molecule has 1 aliphatic rings. The smallest absolute Gasteiger partial charge is 0.319 e. The predicted octanol–water partition coefficient (Wildman–Crippen LogP) is 0.0330. The van der Waals surface area contributed by atoms with E-state index in [-0.39, 0.29) is 18.5 Å². The van der Waals surface area contributed by atoms with Gasteiger partial charge in [-0.05, 0) is 13.0 Å². The van der Waals surface area contributed by atoms with Crippen molar-refractivity contribution in [1.82, 2.24) is 24.9 Å². The Kier molecular flexibility index (Phi) is 5.37. The van der Waals surface area contributed by atoms with E-state index >= 15 is 0 Å². The van der Waals surface area contributed by atoms with Crippen LogP contribution in [-0.2, 0) is 29.2 Å². The van der Waals surface area contributed by atoms with E-state index in [1.54, 1.807) is 23.9 Å². The van der Waals surface area contributed by atoms with Crippen LogP contribution in [0.3, 0.4) is 0 Å². The van der Waals surface area contributed by atoms with Crippen molar-refractivity contribution in [2.24, 2.45) is 0 Å². The van der Waals surface area contributed by atoms with Gasteiger partial charge in [0, 0.05) is 27.2 Å². The highest BCUT2D eigenvalue weighted by atomic mass is 16.5. The van der Waals surface area contributed by atoms with Crippen molar-refractivity contribution in [3.63, 3.8) is 0 Å². The monoisotopic (exact) mass is 309 g/mol. The van der Waals surface area contributed by atoms with Crippen LogP contribution in [0.1, 0.15) is 18.3 Å². The number of nitrogens with one attached hydrogen (secondary N) is 1. The standard InChI is InChI=1S/C14H23N5O3/c1-4-22-10-13(20)15-8-11-7-12-9-18(14(21)17(2)3)5-6-19(12)16-11/h7H,4-6,8-10H2,1-3H3,(H,15,20). The van der Waals surface area contributed by atoms with Gasteiger partial charge in [-0.15, -0.1) is 0 Å². The molecule has 2 rings (SSSR count). The number of carbonyl (C=O) groups excluding carboxylic acids is 2. The first-order chi connectivity index (χ1) is 10.5. The zero-order chi connectivity index (χ0) is 16.1. The fourth-order valence-corrected chi connectivity index (χ4v) is 2.29. The van der Waals surface area contributed by atoms with E-state index < -0.39 is 0 Å². The number of hydrogen-bond donors (Lipinski definition) is 1. The number of nitrogens with zero attached hydrogens (tertiary/aromatic N) is 4. The first kappa shape index (κ1) is 16.3. The molecule has 0 radical (unpaired) electrons. The Morgan fingerprint density at radius 1 is 1.41 bits per heavy atom. The molecule has 122 valence electrons. The predicted molar refractivity (Wildman–Crippen MR) is 80.1 cm³/mol. The highest BCUT2D eigenvalue weighted by Gasteiger charge is 2.23. The van der Waals surface area contributed by atoms with Crippen LogP contribution < -0.4 is 5.32 Å². The minimum Gasteiger partial charge on any atom is -0.372 e. The fraction of sp³-hybridized carbons (Fsp3) is 0.643. The van der Waals surface area contributed by atoms with Crippen molar-refractivity contribution < 1.29 is 14.3 Å². The number of carbonyl (C=O) groups is 2. The third kappa shape index (κ3) is 3.97. The Bertz CT molecular complexity index is 541. The van der Waals surface area contributed by atoms with Crippen LogP contribution in [0.25, 0.3) is 0 Å². The maximum Gasteiger partial charge on any atom is 0.319 e. The molecule has 1 aromatic heterocycles. The van der Waals surface area contributed by atoms with E-state index in [0.717, 1.165) is 11.4 Å². The molecule has 8 heteroatoms. The van der Waals surface area contributed by atoms with Gasteiger partial charge >= 0.3 is 6.03 Å². The van der Waals surface area contributed by atoms with E-state index in [9.17, 15) is 9.59 Å². The SMILES string of the molecule is CCOCC(=O)NCc1cc2n(n1)CCN(C(=O)N(C)C)C2. The topological polar surface area (TPSA) is 79.7 Å². The molecule has 0 saturated heterocycles. The van der Waals surface area contributed by atoms with Gasteiger partial charge in [0.15, 0.2) is 0 Å². The van der Waals surface area contributed by atoms with E-state index in [0.29, 0.717) is 32.8 Å². The summed E-state index contributed by atoms with van der Waals surface area (Å²) in [6, 6.07) is 1.93. The lowest BCUT2D eigenvalue weighted by Gasteiger charge is -2.29. The first-order valence-corrected chi connectivity index (χ1v) is 7.37. The van der Waals surface area contributed by atoms with Crippen LogP contribution in [0, 0.1) is 0 Å². The summed E-state index contributed by atoms with van der Waals surface area (Å²) in [7, 11) is 3.49. The zero-order valence-electron chi connectivity index (χ0n) is 13.3. The number of urea groups is 1. The van der Waals surface area contributed by atoms with Crippen molar-refractivity contribution in [3.05, 3.63) is 17.5 Å². The molecule has 0 spiro atoms. The Balaban J connectivity index is 1.91. The molecule has 0 aromatic carbocycles. The van der Waals surface area contributed by atoms with Gasteiger partial charge in [0.25, 0.3) is 0 Å². The van der Waals surface area contributed by atoms with E-state index in [4.69, 9.17) is 4.74 Å². The summed E-state index contributed by atoms with van der Waals surface area (Å²) in [4.78, 5) is 26.8. The number of fused-ring (bicyclic) bond motifs is 1. The largest absolute Gasteiger partial charge is 0.372 e. The lowest BCUT2D eigenvalue weighted by atomic mass is 10.3. The molecule has 0 saturated carbocycles. The first-order valence-electron chi connectivity index (χ1n) is 7.37. The van der Waals surface area contributed by atoms with E-state index in [1.807, 2.05) is 17.7 Å². The number of ether oxygens (including phenoxy) is 1. The Hall–Kier alpha value is -2.09. The van der Waals surface area contributed by atoms with Crippen LogP contribution >= 0.6 is 0 Å². The summed E-state index contributed by atoms with van der Waals surface area (Å²) in [5.74, 6) is -0.155. The summed E-state index contributed by atoms with van der Waals surface area (Å²) in [6.07, 6.45) is 0. The van der Waals surface area contributed by atoms with Crippen LogP contribution in [0.2, 0.25) is 0 Å². The average molecular weight is 309 g/mol. The van der Waals surface area contributed by atoms with Gasteiger partial charge in [-0.1, -0.05) is 0 Å². The molecule has 1 N–H and O–H groups in total. The Morgan fingerprint density at radius 2 is 2.18 bits per heavy atom. The summed E-state index contributed by atoms with van der Waals surface area (Å²) in [5.41, 5.74) is 1.77. The number of hydrogen-bond acceptors (Lipinski definition) is 4. The van der Waals surface area contributed by atoms with Crippen LogP contribution in [0.5, 0.6) is 0 Å². The molecule has 2 heterocycles. The molecule has 22 heavy (non-hydrogen) atoms. The molecule has 0 aliphatic carbocycles. The molecule has 3 amide bonds. The second-order valence-corrected chi connectivity index (χ2v) is 5.36.